The predicted octanol–water partition coefficient (Wildman–Crippen LogP) is 1.88. The minimum Gasteiger partial charge on any atom is -0.273 e. The van der Waals surface area contributed by atoms with Gasteiger partial charge < -0.3 is 0 Å². The van der Waals surface area contributed by atoms with Crippen LogP contribution in [0.4, 0.5) is 22.0 Å². The van der Waals surface area contributed by atoms with E-state index in [9.17, 15) is 40.0 Å². The Morgan fingerprint density at radius 2 is 1.15 bits per heavy atom. The van der Waals surface area contributed by atoms with E-state index in [0.29, 0.717) is 6.42 Å². The first kappa shape index (κ1) is 17.1. The van der Waals surface area contributed by atoms with E-state index in [-0.39, 0.29) is 4.31 Å². The summed E-state index contributed by atoms with van der Waals surface area (Å²) in [4.78, 5) is 22.7. The van der Waals surface area contributed by atoms with E-state index < -0.39 is 79.5 Å². The Hall–Kier alpha value is -2.30. The molecule has 4 rings (SSSR count). The molecular weight excluding hydrogens is 385 g/mol. The van der Waals surface area contributed by atoms with Gasteiger partial charge >= 0.3 is 0 Å². The van der Waals surface area contributed by atoms with Gasteiger partial charge in [-0.25, -0.2) is 30.4 Å². The lowest BCUT2D eigenvalue weighted by molar-refractivity contribution is -0.134. The Kier molecular flexibility index (Phi) is 3.37. The SMILES string of the molecule is O=C1C2C3C=CC(C3)C2C(=O)N1S(=O)(=O)c1c(F)c(F)c(F)c(F)c1F. The Morgan fingerprint density at radius 1 is 0.769 bits per heavy atom. The second kappa shape index (κ2) is 5.12. The van der Waals surface area contributed by atoms with E-state index in [0.717, 1.165) is 0 Å². The number of imide groups is 1. The van der Waals surface area contributed by atoms with Crippen molar-refractivity contribution in [3.8, 4) is 0 Å². The third-order valence-electron chi connectivity index (χ3n) is 5.10. The number of amides is 2. The topological polar surface area (TPSA) is 71.5 Å². The molecule has 2 aliphatic carbocycles. The zero-order valence-electron chi connectivity index (χ0n) is 12.5. The highest BCUT2D eigenvalue weighted by Crippen LogP contribution is 2.53. The first-order valence-corrected chi connectivity index (χ1v) is 8.85. The molecule has 0 aromatic heterocycles. The van der Waals surface area contributed by atoms with Crippen LogP contribution in [-0.2, 0) is 19.6 Å². The van der Waals surface area contributed by atoms with Crippen LogP contribution in [-0.4, -0.2) is 24.5 Å². The van der Waals surface area contributed by atoms with Crippen molar-refractivity contribution in [3.63, 3.8) is 0 Å². The third-order valence-corrected chi connectivity index (χ3v) is 6.81. The van der Waals surface area contributed by atoms with E-state index in [1.54, 1.807) is 12.2 Å². The van der Waals surface area contributed by atoms with Gasteiger partial charge in [0.25, 0.3) is 10.0 Å². The van der Waals surface area contributed by atoms with Crippen LogP contribution in [0.1, 0.15) is 6.42 Å². The van der Waals surface area contributed by atoms with Crippen molar-refractivity contribution in [1.29, 1.82) is 0 Å². The van der Waals surface area contributed by atoms with Crippen LogP contribution in [0.3, 0.4) is 0 Å². The first-order valence-electron chi connectivity index (χ1n) is 7.41. The number of sulfonamides is 1. The van der Waals surface area contributed by atoms with Gasteiger partial charge in [0, 0.05) is 0 Å². The Bertz CT molecular complexity index is 962. The van der Waals surface area contributed by atoms with Crippen LogP contribution in [0, 0.1) is 52.8 Å². The number of carbonyl (C=O) groups excluding carboxylic acids is 2. The van der Waals surface area contributed by atoms with Gasteiger partial charge in [-0.3, -0.25) is 9.59 Å². The second-order valence-electron chi connectivity index (χ2n) is 6.34. The van der Waals surface area contributed by atoms with E-state index in [1.165, 1.54) is 0 Å². The lowest BCUT2D eigenvalue weighted by atomic mass is 9.85. The summed E-state index contributed by atoms with van der Waals surface area (Å²) in [5, 5.41) is 0. The minimum absolute atomic E-state index is 0.354. The molecule has 1 saturated heterocycles. The summed E-state index contributed by atoms with van der Waals surface area (Å²) in [5.41, 5.74) is 0. The minimum atomic E-state index is -5.61. The molecule has 2 fully saturated rings. The largest absolute Gasteiger partial charge is 0.279 e. The van der Waals surface area contributed by atoms with Crippen molar-refractivity contribution in [2.75, 3.05) is 0 Å². The highest BCUT2D eigenvalue weighted by Gasteiger charge is 2.62. The van der Waals surface area contributed by atoms with Crippen molar-refractivity contribution in [3.05, 3.63) is 41.2 Å². The van der Waals surface area contributed by atoms with Crippen LogP contribution in [0.2, 0.25) is 0 Å². The van der Waals surface area contributed by atoms with Crippen LogP contribution < -0.4 is 0 Å². The lowest BCUT2D eigenvalue weighted by Gasteiger charge is -2.18. The Morgan fingerprint density at radius 3 is 1.58 bits per heavy atom. The molecule has 1 heterocycles. The smallest absolute Gasteiger partial charge is 0.273 e. The van der Waals surface area contributed by atoms with Crippen molar-refractivity contribution in [2.45, 2.75) is 11.3 Å². The summed E-state index contributed by atoms with van der Waals surface area (Å²) < 4.78 is 92.3. The molecule has 1 aliphatic heterocycles. The van der Waals surface area contributed by atoms with Crippen molar-refractivity contribution in [2.24, 2.45) is 23.7 Å². The number of fused-ring (bicyclic) bond motifs is 5. The molecule has 1 aromatic rings. The maximum Gasteiger partial charge on any atom is 0.279 e. The monoisotopic (exact) mass is 393 g/mol. The van der Waals surface area contributed by atoms with Crippen molar-refractivity contribution in [1.82, 2.24) is 4.31 Å². The van der Waals surface area contributed by atoms with Crippen molar-refractivity contribution >= 4 is 21.8 Å². The average molecular weight is 393 g/mol. The third kappa shape index (κ3) is 1.86. The van der Waals surface area contributed by atoms with Gasteiger partial charge in [-0.05, 0) is 18.3 Å². The summed E-state index contributed by atoms with van der Waals surface area (Å²) in [5.74, 6) is -18.1. The lowest BCUT2D eigenvalue weighted by Crippen LogP contribution is -2.39. The van der Waals surface area contributed by atoms with Crippen LogP contribution in [0.25, 0.3) is 0 Å². The number of benzene rings is 1. The molecule has 5 nitrogen and oxygen atoms in total. The first-order chi connectivity index (χ1) is 12.1. The molecule has 2 bridgehead atoms. The van der Waals surface area contributed by atoms with Gasteiger partial charge in [0.15, 0.2) is 28.2 Å². The maximum absolute atomic E-state index is 13.9. The van der Waals surface area contributed by atoms with E-state index in [1.807, 2.05) is 0 Å². The molecule has 0 N–H and O–H groups in total. The molecule has 1 saturated carbocycles. The fourth-order valence-electron chi connectivity index (χ4n) is 4.01. The van der Waals surface area contributed by atoms with E-state index in [4.69, 9.17) is 0 Å². The average Bonchev–Trinajstić information content (AvgIpc) is 3.24. The summed E-state index contributed by atoms with van der Waals surface area (Å²) in [6, 6.07) is 0. The molecule has 3 aliphatic rings. The molecule has 0 radical (unpaired) electrons. The van der Waals surface area contributed by atoms with Gasteiger partial charge in [0.05, 0.1) is 11.8 Å². The van der Waals surface area contributed by atoms with Gasteiger partial charge in [0.1, 0.15) is 0 Å². The van der Waals surface area contributed by atoms with Crippen LogP contribution in [0.15, 0.2) is 17.0 Å². The van der Waals surface area contributed by atoms with Gasteiger partial charge in [0.2, 0.25) is 17.6 Å². The fourth-order valence-corrected chi connectivity index (χ4v) is 5.55. The molecule has 1 aromatic carbocycles. The highest BCUT2D eigenvalue weighted by molar-refractivity contribution is 7.90. The predicted molar refractivity (Wildman–Crippen MR) is 73.0 cm³/mol. The number of rotatable bonds is 2. The van der Waals surface area contributed by atoms with Crippen LogP contribution >= 0.6 is 0 Å². The zero-order valence-corrected chi connectivity index (χ0v) is 13.4. The summed E-state index contributed by atoms with van der Waals surface area (Å²) in [6.07, 6.45) is 3.75. The number of allylic oxidation sites excluding steroid dienone is 2. The Labute approximate surface area is 143 Å². The molecule has 4 unspecified atom stereocenters. The molecular formula is C15H8F5NO4S. The Balaban J connectivity index is 1.88. The van der Waals surface area contributed by atoms with Gasteiger partial charge in [-0.15, -0.1) is 0 Å². The second-order valence-corrected chi connectivity index (χ2v) is 8.07. The number of hydrogen-bond donors (Lipinski definition) is 0. The number of nitrogens with zero attached hydrogens (tertiary/aromatic N) is 1. The van der Waals surface area contributed by atoms with Crippen LogP contribution in [0.5, 0.6) is 0 Å². The normalized spacial score (nSPS) is 29.8. The molecule has 4 atom stereocenters. The molecule has 2 amide bonds. The molecule has 11 heteroatoms. The summed E-state index contributed by atoms with van der Waals surface area (Å²) in [7, 11) is -5.61. The van der Waals surface area contributed by atoms with Crippen molar-refractivity contribution < 1.29 is 40.0 Å². The fraction of sp³-hybridized carbons (Fsp3) is 0.333. The van der Waals surface area contributed by atoms with Gasteiger partial charge in [-0.2, -0.15) is 4.31 Å². The number of hydrogen-bond acceptors (Lipinski definition) is 4. The highest BCUT2D eigenvalue weighted by atomic mass is 32.2. The van der Waals surface area contributed by atoms with E-state index >= 15 is 0 Å². The molecule has 138 valence electrons. The standard InChI is InChI=1S/C15H8F5NO4S/c16-8-9(17)11(19)13(12(20)10(8)18)26(24,25)21-14(22)6-4-1-2-5(3-4)7(6)15(21)23/h1-2,4-7H,3H2. The number of halogens is 5. The summed E-state index contributed by atoms with van der Waals surface area (Å²) in [6.45, 7) is 0. The zero-order chi connectivity index (χ0) is 19.1. The number of carbonyl (C=O) groups is 2. The van der Waals surface area contributed by atoms with Gasteiger partial charge in [-0.1, -0.05) is 12.2 Å². The molecule has 0 spiro atoms. The quantitative estimate of drug-likeness (QED) is 0.253. The summed E-state index contributed by atoms with van der Waals surface area (Å²) >= 11 is 0. The molecule has 26 heavy (non-hydrogen) atoms. The maximum atomic E-state index is 13.9. The van der Waals surface area contributed by atoms with E-state index in [2.05, 4.69) is 0 Å².